The van der Waals surface area contributed by atoms with Crippen LogP contribution in [0.3, 0.4) is 0 Å². The Bertz CT molecular complexity index is 984. The number of fused-ring (bicyclic) bond motifs is 1. The molecule has 2 fully saturated rings. The van der Waals surface area contributed by atoms with Gasteiger partial charge in [0.25, 0.3) is 0 Å². The van der Waals surface area contributed by atoms with Gasteiger partial charge in [0.2, 0.25) is 0 Å². The Labute approximate surface area is 158 Å². The Morgan fingerprint density at radius 3 is 2.22 bits per heavy atom. The van der Waals surface area contributed by atoms with Crippen LogP contribution in [0, 0.1) is 19.7 Å². The minimum absolute atomic E-state index is 0.0314. The molecule has 2 heterocycles. The van der Waals surface area contributed by atoms with Crippen molar-refractivity contribution in [2.75, 3.05) is 16.4 Å². The molecule has 7 heteroatoms. The molecule has 2 atom stereocenters. The summed E-state index contributed by atoms with van der Waals surface area (Å²) >= 11 is 0. The van der Waals surface area contributed by atoms with Gasteiger partial charge in [-0.05, 0) is 54.8 Å². The van der Waals surface area contributed by atoms with E-state index in [4.69, 9.17) is 0 Å². The van der Waals surface area contributed by atoms with E-state index in [1.807, 2.05) is 32.0 Å². The zero-order valence-corrected chi connectivity index (χ0v) is 16.0. The first-order chi connectivity index (χ1) is 12.7. The number of amides is 2. The van der Waals surface area contributed by atoms with Gasteiger partial charge >= 0.3 is 6.03 Å². The summed E-state index contributed by atoms with van der Waals surface area (Å²) < 4.78 is 37.8. The monoisotopic (exact) mass is 388 g/mol. The first-order valence-electron chi connectivity index (χ1n) is 8.86. The predicted octanol–water partition coefficient (Wildman–Crippen LogP) is 3.05. The van der Waals surface area contributed by atoms with Crippen molar-refractivity contribution in [2.45, 2.75) is 32.5 Å². The molecule has 142 valence electrons. The molecule has 0 aliphatic carbocycles. The molecule has 5 nitrogen and oxygen atoms in total. The van der Waals surface area contributed by atoms with Gasteiger partial charge < -0.3 is 4.90 Å². The summed E-state index contributed by atoms with van der Waals surface area (Å²) in [6, 6.07) is 10.8. The fourth-order valence-corrected chi connectivity index (χ4v) is 6.09. The Balaban J connectivity index is 1.72. The van der Waals surface area contributed by atoms with E-state index in [-0.39, 0.29) is 29.9 Å². The van der Waals surface area contributed by atoms with E-state index in [1.165, 1.54) is 12.1 Å². The molecule has 0 spiro atoms. The lowest BCUT2D eigenvalue weighted by atomic mass is 10.1. The first kappa shape index (κ1) is 18.0. The van der Waals surface area contributed by atoms with Crippen molar-refractivity contribution >= 4 is 21.6 Å². The van der Waals surface area contributed by atoms with E-state index >= 15 is 0 Å². The molecule has 2 aromatic rings. The van der Waals surface area contributed by atoms with Crippen LogP contribution >= 0.6 is 0 Å². The maximum Gasteiger partial charge on any atom is 0.325 e. The smallest absolute Gasteiger partial charge is 0.314 e. The van der Waals surface area contributed by atoms with Crippen molar-refractivity contribution in [2.24, 2.45) is 0 Å². The normalized spacial score (nSPS) is 23.7. The van der Waals surface area contributed by atoms with Gasteiger partial charge in [0.1, 0.15) is 5.82 Å². The molecular weight excluding hydrogens is 367 g/mol. The molecule has 27 heavy (non-hydrogen) atoms. The zero-order valence-electron chi connectivity index (χ0n) is 15.2. The summed E-state index contributed by atoms with van der Waals surface area (Å²) in [4.78, 5) is 16.4. The molecule has 2 aromatic carbocycles. The Hall–Kier alpha value is -2.41. The number of nitrogens with zero attached hydrogens (tertiary/aromatic N) is 2. The molecular formula is C20H21FN2O3S. The van der Waals surface area contributed by atoms with Crippen LogP contribution in [-0.4, -0.2) is 42.9 Å². The molecule has 0 saturated carbocycles. The van der Waals surface area contributed by atoms with Gasteiger partial charge in [0.15, 0.2) is 9.84 Å². The maximum atomic E-state index is 13.2. The topological polar surface area (TPSA) is 57.7 Å². The molecule has 0 radical (unpaired) electrons. The Morgan fingerprint density at radius 2 is 1.59 bits per heavy atom. The van der Waals surface area contributed by atoms with E-state index in [1.54, 1.807) is 21.9 Å². The fraction of sp³-hybridized carbons (Fsp3) is 0.350. The third kappa shape index (κ3) is 3.32. The van der Waals surface area contributed by atoms with Gasteiger partial charge in [-0.1, -0.05) is 18.2 Å². The molecule has 4 rings (SSSR count). The average molecular weight is 388 g/mol. The number of aryl methyl sites for hydroxylation is 2. The number of urea groups is 1. The van der Waals surface area contributed by atoms with Gasteiger partial charge in [-0.3, -0.25) is 4.90 Å². The van der Waals surface area contributed by atoms with Gasteiger partial charge in [0, 0.05) is 12.2 Å². The quantitative estimate of drug-likeness (QED) is 0.760. The first-order valence-corrected chi connectivity index (χ1v) is 10.7. The average Bonchev–Trinajstić information content (AvgIpc) is 2.99. The van der Waals surface area contributed by atoms with Gasteiger partial charge in [0.05, 0.1) is 23.6 Å². The lowest BCUT2D eigenvalue weighted by Crippen LogP contribution is -2.37. The number of sulfone groups is 1. The molecule has 2 aliphatic rings. The maximum absolute atomic E-state index is 13.2. The predicted molar refractivity (Wildman–Crippen MR) is 102 cm³/mol. The number of rotatable bonds is 3. The summed E-state index contributed by atoms with van der Waals surface area (Å²) in [7, 11) is -3.22. The van der Waals surface area contributed by atoms with Gasteiger partial charge in [-0.2, -0.15) is 0 Å². The van der Waals surface area contributed by atoms with E-state index in [0.717, 1.165) is 22.4 Å². The van der Waals surface area contributed by atoms with Crippen molar-refractivity contribution < 1.29 is 17.6 Å². The minimum Gasteiger partial charge on any atom is -0.314 e. The third-order valence-electron chi connectivity index (χ3n) is 5.23. The van der Waals surface area contributed by atoms with E-state index < -0.39 is 21.9 Å². The number of hydrogen-bond donors (Lipinski definition) is 0. The molecule has 0 N–H and O–H groups in total. The van der Waals surface area contributed by atoms with E-state index in [0.29, 0.717) is 0 Å². The summed E-state index contributed by atoms with van der Waals surface area (Å²) in [6.07, 6.45) is 0. The molecule has 2 aliphatic heterocycles. The zero-order chi connectivity index (χ0) is 19.3. The highest BCUT2D eigenvalue weighted by Crippen LogP contribution is 2.36. The van der Waals surface area contributed by atoms with Crippen molar-refractivity contribution in [3.63, 3.8) is 0 Å². The molecule has 2 saturated heterocycles. The molecule has 2 amide bonds. The number of hydrogen-bond acceptors (Lipinski definition) is 3. The molecule has 0 unspecified atom stereocenters. The van der Waals surface area contributed by atoms with Crippen LogP contribution in [0.1, 0.15) is 16.7 Å². The van der Waals surface area contributed by atoms with Crippen molar-refractivity contribution in [1.82, 2.24) is 4.90 Å². The largest absolute Gasteiger partial charge is 0.325 e. The minimum atomic E-state index is -3.22. The summed E-state index contributed by atoms with van der Waals surface area (Å²) in [5.41, 5.74) is 3.54. The number of anilines is 1. The van der Waals surface area contributed by atoms with Gasteiger partial charge in [-0.15, -0.1) is 0 Å². The summed E-state index contributed by atoms with van der Waals surface area (Å²) in [5.74, 6) is -0.410. The van der Waals surface area contributed by atoms with Crippen LogP contribution in [0.25, 0.3) is 0 Å². The number of benzene rings is 2. The fourth-order valence-electron chi connectivity index (χ4n) is 4.14. The SMILES string of the molecule is Cc1cc(C)cc(N2C(=O)N(Cc3ccc(F)cc3)[C@H]3CS(=O)(=O)C[C@H]32)c1. The molecule has 0 bridgehead atoms. The van der Waals surface area contributed by atoms with E-state index in [2.05, 4.69) is 0 Å². The highest BCUT2D eigenvalue weighted by molar-refractivity contribution is 7.91. The lowest BCUT2D eigenvalue weighted by molar-refractivity contribution is 0.206. The van der Waals surface area contributed by atoms with Crippen molar-refractivity contribution in [1.29, 1.82) is 0 Å². The Morgan fingerprint density at radius 1 is 1.00 bits per heavy atom. The van der Waals surface area contributed by atoms with Gasteiger partial charge in [-0.25, -0.2) is 17.6 Å². The van der Waals surface area contributed by atoms with Crippen LogP contribution in [0.15, 0.2) is 42.5 Å². The summed E-state index contributed by atoms with van der Waals surface area (Å²) in [6.45, 7) is 4.17. The van der Waals surface area contributed by atoms with Crippen LogP contribution in [-0.2, 0) is 16.4 Å². The summed E-state index contributed by atoms with van der Waals surface area (Å²) in [5, 5.41) is 0. The number of carbonyl (C=O) groups is 1. The second-order valence-electron chi connectivity index (χ2n) is 7.46. The number of carbonyl (C=O) groups excluding carboxylic acids is 1. The Kier molecular flexibility index (Phi) is 4.22. The highest BCUT2D eigenvalue weighted by atomic mass is 32.2. The highest BCUT2D eigenvalue weighted by Gasteiger charge is 2.53. The standard InChI is InChI=1S/C20H21FN2O3S/c1-13-7-14(2)9-17(8-13)23-19-12-27(25,26)11-18(19)22(20(23)24)10-15-3-5-16(21)6-4-15/h3-9,18-19H,10-12H2,1-2H3/t18-,19+/m0/s1. The second-order valence-corrected chi connectivity index (χ2v) is 9.62. The van der Waals surface area contributed by atoms with E-state index in [9.17, 15) is 17.6 Å². The van der Waals surface area contributed by atoms with Crippen LogP contribution < -0.4 is 4.90 Å². The van der Waals surface area contributed by atoms with Crippen LogP contribution in [0.4, 0.5) is 14.9 Å². The lowest BCUT2D eigenvalue weighted by Gasteiger charge is -2.23. The molecule has 0 aromatic heterocycles. The number of halogens is 1. The second kappa shape index (κ2) is 6.34. The van der Waals surface area contributed by atoms with Crippen molar-refractivity contribution in [3.05, 3.63) is 65.0 Å². The third-order valence-corrected chi connectivity index (χ3v) is 6.93. The van der Waals surface area contributed by atoms with Crippen LogP contribution in [0.5, 0.6) is 0 Å². The van der Waals surface area contributed by atoms with Crippen LogP contribution in [0.2, 0.25) is 0 Å². The van der Waals surface area contributed by atoms with Crippen molar-refractivity contribution in [3.8, 4) is 0 Å².